The summed E-state index contributed by atoms with van der Waals surface area (Å²) in [6.45, 7) is 3.92. The van der Waals surface area contributed by atoms with Crippen molar-refractivity contribution in [2.24, 2.45) is 5.92 Å². The van der Waals surface area contributed by atoms with Crippen molar-refractivity contribution in [3.8, 4) is 0 Å². The van der Waals surface area contributed by atoms with E-state index in [1.165, 1.54) is 18.3 Å². The van der Waals surface area contributed by atoms with Crippen LogP contribution in [0, 0.1) is 5.92 Å². The summed E-state index contributed by atoms with van der Waals surface area (Å²) in [7, 11) is 0. The van der Waals surface area contributed by atoms with Crippen molar-refractivity contribution in [2.75, 3.05) is 10.6 Å². The molecule has 0 atom stereocenters. The molecule has 0 aliphatic heterocycles. The molecular formula is C18H20F3N3O. The summed E-state index contributed by atoms with van der Waals surface area (Å²) in [6.07, 6.45) is -1.31. The van der Waals surface area contributed by atoms with Crippen LogP contribution in [0.3, 0.4) is 0 Å². The van der Waals surface area contributed by atoms with Crippen LogP contribution in [0.5, 0.6) is 0 Å². The summed E-state index contributed by atoms with van der Waals surface area (Å²) in [4.78, 5) is 16.2. The molecule has 0 fully saturated rings. The van der Waals surface area contributed by atoms with E-state index in [9.17, 15) is 18.0 Å². The first-order chi connectivity index (χ1) is 11.8. The summed E-state index contributed by atoms with van der Waals surface area (Å²) < 4.78 is 37.6. The largest absolute Gasteiger partial charge is 0.416 e. The third kappa shape index (κ3) is 5.20. The van der Waals surface area contributed by atoms with E-state index in [1.807, 2.05) is 13.8 Å². The number of nitrogens with one attached hydrogen (secondary N) is 2. The highest BCUT2D eigenvalue weighted by Crippen LogP contribution is 2.30. The summed E-state index contributed by atoms with van der Waals surface area (Å²) in [5, 5.41) is 5.72. The molecule has 0 bridgehead atoms. The Balaban J connectivity index is 1.99. The van der Waals surface area contributed by atoms with Gasteiger partial charge in [0.1, 0.15) is 5.82 Å². The van der Waals surface area contributed by atoms with Crippen LogP contribution in [0.25, 0.3) is 0 Å². The van der Waals surface area contributed by atoms with Gasteiger partial charge in [0, 0.05) is 11.6 Å². The lowest BCUT2D eigenvalue weighted by Crippen LogP contribution is -2.21. The lowest BCUT2D eigenvalue weighted by Gasteiger charge is -2.13. The molecule has 0 radical (unpaired) electrons. The Labute approximate surface area is 144 Å². The Morgan fingerprint density at radius 1 is 1.04 bits per heavy atom. The van der Waals surface area contributed by atoms with E-state index in [0.717, 1.165) is 25.0 Å². The highest BCUT2D eigenvalue weighted by Gasteiger charge is 2.29. The molecule has 0 aliphatic carbocycles. The van der Waals surface area contributed by atoms with Gasteiger partial charge in [0.05, 0.1) is 17.4 Å². The van der Waals surface area contributed by atoms with E-state index >= 15 is 0 Å². The maximum Gasteiger partial charge on any atom is 0.416 e. The van der Waals surface area contributed by atoms with Crippen LogP contribution in [-0.4, -0.2) is 10.9 Å². The molecule has 0 spiro atoms. The zero-order chi connectivity index (χ0) is 18.4. The number of hydrogen-bond acceptors (Lipinski definition) is 3. The molecule has 2 N–H and O–H groups in total. The number of hydrogen-bond donors (Lipinski definition) is 2. The van der Waals surface area contributed by atoms with Gasteiger partial charge in [0.2, 0.25) is 5.91 Å². The zero-order valence-corrected chi connectivity index (χ0v) is 14.0. The summed E-state index contributed by atoms with van der Waals surface area (Å²) in [5.74, 6) is 0.389. The lowest BCUT2D eigenvalue weighted by atomic mass is 10.0. The number of halogens is 3. The molecule has 1 heterocycles. The van der Waals surface area contributed by atoms with Crippen LogP contribution in [0.2, 0.25) is 0 Å². The fraction of sp³-hybridized carbons (Fsp3) is 0.333. The van der Waals surface area contributed by atoms with Gasteiger partial charge in [-0.2, -0.15) is 13.2 Å². The number of aromatic nitrogens is 1. The maximum absolute atomic E-state index is 12.5. The standard InChI is InChI=1S/C18H20F3N3O/c1-3-12(4-2)17(25)24-15-9-10-16(22-11-15)23-14-7-5-13(6-8-14)18(19,20)21/h5-12H,3-4H2,1-2H3,(H,22,23)(H,24,25). The van der Waals surface area contributed by atoms with Crippen molar-refractivity contribution in [1.82, 2.24) is 4.98 Å². The van der Waals surface area contributed by atoms with Crippen molar-refractivity contribution >= 4 is 23.1 Å². The molecule has 4 nitrogen and oxygen atoms in total. The summed E-state index contributed by atoms with van der Waals surface area (Å²) in [5.41, 5.74) is 0.370. The second kappa shape index (κ2) is 8.00. The van der Waals surface area contributed by atoms with Crippen molar-refractivity contribution in [1.29, 1.82) is 0 Å². The molecule has 25 heavy (non-hydrogen) atoms. The van der Waals surface area contributed by atoms with Gasteiger partial charge in [-0.25, -0.2) is 4.98 Å². The number of nitrogens with zero attached hydrogens (tertiary/aromatic N) is 1. The number of benzene rings is 1. The first-order valence-electron chi connectivity index (χ1n) is 8.04. The highest BCUT2D eigenvalue weighted by molar-refractivity contribution is 5.92. The smallest absolute Gasteiger partial charge is 0.340 e. The van der Waals surface area contributed by atoms with E-state index in [-0.39, 0.29) is 11.8 Å². The van der Waals surface area contributed by atoms with Gasteiger partial charge in [-0.3, -0.25) is 4.79 Å². The van der Waals surface area contributed by atoms with Gasteiger partial charge < -0.3 is 10.6 Å². The van der Waals surface area contributed by atoms with Crippen molar-refractivity contribution < 1.29 is 18.0 Å². The molecule has 134 valence electrons. The SMILES string of the molecule is CCC(CC)C(=O)Nc1ccc(Nc2ccc(C(F)(F)F)cc2)nc1. The molecule has 2 rings (SSSR count). The van der Waals surface area contributed by atoms with E-state index in [1.54, 1.807) is 12.1 Å². The molecule has 0 aliphatic rings. The first kappa shape index (κ1) is 18.8. The first-order valence-corrected chi connectivity index (χ1v) is 8.04. The minimum Gasteiger partial charge on any atom is -0.340 e. The van der Waals surface area contributed by atoms with Crippen LogP contribution in [0.15, 0.2) is 42.6 Å². The molecule has 1 aromatic carbocycles. The lowest BCUT2D eigenvalue weighted by molar-refractivity contribution is -0.137. The molecule has 0 saturated heterocycles. The highest BCUT2D eigenvalue weighted by atomic mass is 19.4. The second-order valence-electron chi connectivity index (χ2n) is 5.63. The van der Waals surface area contributed by atoms with Gasteiger partial charge in [-0.15, -0.1) is 0 Å². The zero-order valence-electron chi connectivity index (χ0n) is 14.0. The molecule has 0 saturated carbocycles. The summed E-state index contributed by atoms with van der Waals surface area (Å²) in [6, 6.07) is 8.04. The van der Waals surface area contributed by atoms with E-state index in [2.05, 4.69) is 15.6 Å². The Morgan fingerprint density at radius 2 is 1.64 bits per heavy atom. The predicted molar refractivity (Wildman–Crippen MR) is 91.7 cm³/mol. The van der Waals surface area contributed by atoms with Gasteiger partial charge in [-0.1, -0.05) is 13.8 Å². The molecule has 7 heteroatoms. The monoisotopic (exact) mass is 351 g/mol. The topological polar surface area (TPSA) is 54.0 Å². The Morgan fingerprint density at radius 3 is 2.12 bits per heavy atom. The van der Waals surface area contributed by atoms with Crippen LogP contribution < -0.4 is 10.6 Å². The third-order valence-electron chi connectivity index (χ3n) is 3.87. The van der Waals surface area contributed by atoms with E-state index in [4.69, 9.17) is 0 Å². The number of pyridine rings is 1. The Bertz CT molecular complexity index is 693. The van der Waals surface area contributed by atoms with Crippen LogP contribution in [-0.2, 0) is 11.0 Å². The number of amides is 1. The second-order valence-corrected chi connectivity index (χ2v) is 5.63. The van der Waals surface area contributed by atoms with E-state index in [0.29, 0.717) is 17.2 Å². The van der Waals surface area contributed by atoms with Gasteiger partial charge in [-0.05, 0) is 49.2 Å². The number of anilines is 3. The van der Waals surface area contributed by atoms with Gasteiger partial charge >= 0.3 is 6.18 Å². The fourth-order valence-electron chi connectivity index (χ4n) is 2.34. The van der Waals surface area contributed by atoms with Crippen molar-refractivity contribution in [3.63, 3.8) is 0 Å². The number of carbonyl (C=O) groups excluding carboxylic acids is 1. The Kier molecular flexibility index (Phi) is 6.01. The number of rotatable bonds is 6. The van der Waals surface area contributed by atoms with Crippen molar-refractivity contribution in [3.05, 3.63) is 48.2 Å². The minimum atomic E-state index is -4.36. The molecular weight excluding hydrogens is 331 g/mol. The fourth-order valence-corrected chi connectivity index (χ4v) is 2.34. The quantitative estimate of drug-likeness (QED) is 0.750. The van der Waals surface area contributed by atoms with Gasteiger partial charge in [0.25, 0.3) is 0 Å². The third-order valence-corrected chi connectivity index (χ3v) is 3.87. The van der Waals surface area contributed by atoms with Gasteiger partial charge in [0.15, 0.2) is 0 Å². The average Bonchev–Trinajstić information content (AvgIpc) is 2.57. The molecule has 2 aromatic rings. The van der Waals surface area contributed by atoms with Crippen LogP contribution >= 0.6 is 0 Å². The maximum atomic E-state index is 12.5. The summed E-state index contributed by atoms with van der Waals surface area (Å²) >= 11 is 0. The van der Waals surface area contributed by atoms with Crippen LogP contribution in [0.1, 0.15) is 32.3 Å². The predicted octanol–water partition coefficient (Wildman–Crippen LogP) is 5.22. The normalized spacial score (nSPS) is 11.4. The Hall–Kier alpha value is -2.57. The number of alkyl halides is 3. The minimum absolute atomic E-state index is 0.0371. The van der Waals surface area contributed by atoms with E-state index < -0.39 is 11.7 Å². The number of carbonyl (C=O) groups is 1. The van der Waals surface area contributed by atoms with Crippen LogP contribution in [0.4, 0.5) is 30.4 Å². The average molecular weight is 351 g/mol. The molecule has 1 amide bonds. The van der Waals surface area contributed by atoms with Crippen molar-refractivity contribution in [2.45, 2.75) is 32.9 Å². The molecule has 0 unspecified atom stereocenters. The molecule has 1 aromatic heterocycles.